The molecule has 140 valence electrons. The Bertz CT molecular complexity index is 937. The van der Waals surface area contributed by atoms with E-state index in [2.05, 4.69) is 27.2 Å². The number of carbonyl (C=O) groups is 1. The molecule has 0 fully saturated rings. The molecule has 0 radical (unpaired) electrons. The maximum Gasteiger partial charge on any atom is 0.251 e. The molecule has 0 bridgehead atoms. The van der Waals surface area contributed by atoms with Gasteiger partial charge in [0.2, 0.25) is 11.8 Å². The molecule has 27 heavy (non-hydrogen) atoms. The first-order chi connectivity index (χ1) is 13.1. The minimum Gasteiger partial charge on any atom is -0.481 e. The van der Waals surface area contributed by atoms with E-state index in [4.69, 9.17) is 10.5 Å². The lowest BCUT2D eigenvalue weighted by molar-refractivity contribution is 0.0952. The zero-order valence-electron chi connectivity index (χ0n) is 15.3. The number of imidazole rings is 1. The number of nitrogen functional groups attached to an aromatic ring is 1. The Balaban J connectivity index is 1.69. The fraction of sp³-hybridized carbons (Fsp3) is 0.263. The first-order valence-corrected chi connectivity index (χ1v) is 8.68. The third-order valence-electron chi connectivity index (χ3n) is 4.11. The minimum atomic E-state index is -0.149. The van der Waals surface area contributed by atoms with E-state index in [1.165, 1.54) is 7.11 Å². The number of hydrogen-bond donors (Lipinski definition) is 2. The van der Waals surface area contributed by atoms with Crippen molar-refractivity contribution in [1.29, 1.82) is 0 Å². The monoisotopic (exact) mass is 366 g/mol. The quantitative estimate of drug-likeness (QED) is 0.661. The van der Waals surface area contributed by atoms with E-state index >= 15 is 0 Å². The number of benzene rings is 1. The summed E-state index contributed by atoms with van der Waals surface area (Å²) in [5, 5.41) is 2.93. The summed E-state index contributed by atoms with van der Waals surface area (Å²) < 4.78 is 7.16. The van der Waals surface area contributed by atoms with Crippen molar-refractivity contribution in [2.24, 2.45) is 0 Å². The van der Waals surface area contributed by atoms with Crippen LogP contribution < -0.4 is 15.8 Å². The second-order valence-electron chi connectivity index (χ2n) is 5.88. The SMILES string of the molecule is CCc1nccn1CCNC(=O)c1cccc(-c2cc(OC)nc(N)n2)c1. The molecule has 0 atom stereocenters. The molecule has 8 heteroatoms. The Labute approximate surface area is 157 Å². The van der Waals surface area contributed by atoms with E-state index in [-0.39, 0.29) is 11.9 Å². The van der Waals surface area contributed by atoms with Gasteiger partial charge in [0, 0.05) is 49.1 Å². The molecular formula is C19H22N6O2. The smallest absolute Gasteiger partial charge is 0.251 e. The number of anilines is 1. The lowest BCUT2D eigenvalue weighted by atomic mass is 10.1. The summed E-state index contributed by atoms with van der Waals surface area (Å²) in [5.41, 5.74) is 7.62. The molecule has 0 aliphatic rings. The Kier molecular flexibility index (Phi) is 5.65. The predicted octanol–water partition coefficient (Wildman–Crippen LogP) is 1.92. The average molecular weight is 366 g/mol. The van der Waals surface area contributed by atoms with Crippen molar-refractivity contribution in [3.8, 4) is 17.1 Å². The first kappa shape index (κ1) is 18.4. The van der Waals surface area contributed by atoms with E-state index in [0.717, 1.165) is 17.8 Å². The second-order valence-corrected chi connectivity index (χ2v) is 5.88. The van der Waals surface area contributed by atoms with Gasteiger partial charge < -0.3 is 20.4 Å². The maximum absolute atomic E-state index is 12.5. The molecule has 1 amide bonds. The number of ether oxygens (including phenoxy) is 1. The van der Waals surface area contributed by atoms with Crippen molar-refractivity contribution >= 4 is 11.9 Å². The van der Waals surface area contributed by atoms with Gasteiger partial charge in [-0.3, -0.25) is 4.79 Å². The highest BCUT2D eigenvalue weighted by molar-refractivity contribution is 5.95. The number of nitrogens with zero attached hydrogens (tertiary/aromatic N) is 4. The van der Waals surface area contributed by atoms with Crippen LogP contribution in [-0.2, 0) is 13.0 Å². The van der Waals surface area contributed by atoms with Crippen molar-refractivity contribution in [1.82, 2.24) is 24.8 Å². The van der Waals surface area contributed by atoms with Crippen molar-refractivity contribution in [3.63, 3.8) is 0 Å². The number of carbonyl (C=O) groups excluding carboxylic acids is 1. The Hall–Kier alpha value is -3.42. The van der Waals surface area contributed by atoms with E-state index in [1.54, 1.807) is 30.5 Å². The highest BCUT2D eigenvalue weighted by Gasteiger charge is 2.10. The van der Waals surface area contributed by atoms with Gasteiger partial charge >= 0.3 is 0 Å². The van der Waals surface area contributed by atoms with E-state index < -0.39 is 0 Å². The molecule has 3 N–H and O–H groups in total. The van der Waals surface area contributed by atoms with Gasteiger partial charge in [0.05, 0.1) is 12.8 Å². The number of methoxy groups -OCH3 is 1. The van der Waals surface area contributed by atoms with Gasteiger partial charge in [-0.1, -0.05) is 19.1 Å². The summed E-state index contributed by atoms with van der Waals surface area (Å²) in [6.45, 7) is 3.24. The topological polar surface area (TPSA) is 108 Å². The summed E-state index contributed by atoms with van der Waals surface area (Å²) in [5.74, 6) is 1.34. The molecule has 0 unspecified atom stereocenters. The van der Waals surface area contributed by atoms with Crippen LogP contribution >= 0.6 is 0 Å². The number of amides is 1. The lowest BCUT2D eigenvalue weighted by Crippen LogP contribution is -2.27. The molecule has 1 aromatic carbocycles. The van der Waals surface area contributed by atoms with E-state index in [0.29, 0.717) is 30.2 Å². The number of aryl methyl sites for hydroxylation is 1. The van der Waals surface area contributed by atoms with Crippen LogP contribution in [0.4, 0.5) is 5.95 Å². The van der Waals surface area contributed by atoms with Crippen LogP contribution in [0.5, 0.6) is 5.88 Å². The lowest BCUT2D eigenvalue weighted by Gasteiger charge is -2.09. The molecule has 3 rings (SSSR count). The van der Waals surface area contributed by atoms with E-state index in [9.17, 15) is 4.79 Å². The average Bonchev–Trinajstić information content (AvgIpc) is 3.15. The van der Waals surface area contributed by atoms with Crippen molar-refractivity contribution in [3.05, 3.63) is 54.1 Å². The molecule has 0 aliphatic heterocycles. The van der Waals surface area contributed by atoms with Crippen LogP contribution in [0, 0.1) is 0 Å². The second kappa shape index (κ2) is 8.31. The van der Waals surface area contributed by atoms with Crippen LogP contribution in [0.3, 0.4) is 0 Å². The fourth-order valence-electron chi connectivity index (χ4n) is 2.76. The highest BCUT2D eigenvalue weighted by atomic mass is 16.5. The van der Waals surface area contributed by atoms with Crippen LogP contribution in [0.2, 0.25) is 0 Å². The molecule has 2 heterocycles. The van der Waals surface area contributed by atoms with Gasteiger partial charge in [-0.05, 0) is 12.1 Å². The third kappa shape index (κ3) is 4.41. The molecule has 0 saturated carbocycles. The highest BCUT2D eigenvalue weighted by Crippen LogP contribution is 2.22. The summed E-state index contributed by atoms with van der Waals surface area (Å²) in [6.07, 6.45) is 4.54. The Morgan fingerprint density at radius 2 is 2.15 bits per heavy atom. The van der Waals surface area contributed by atoms with Crippen molar-refractivity contribution in [2.45, 2.75) is 19.9 Å². The number of nitrogens with one attached hydrogen (secondary N) is 1. The Morgan fingerprint density at radius 1 is 1.30 bits per heavy atom. The van der Waals surface area contributed by atoms with Crippen LogP contribution in [0.1, 0.15) is 23.1 Å². The Morgan fingerprint density at radius 3 is 2.93 bits per heavy atom. The standard InChI is InChI=1S/C19H22N6O2/c1-3-16-21-7-9-25(16)10-8-22-18(26)14-6-4-5-13(11-14)15-12-17(27-2)24-19(20)23-15/h4-7,9,11-12H,3,8,10H2,1-2H3,(H,22,26)(H2,20,23,24). The molecule has 0 saturated heterocycles. The predicted molar refractivity (Wildman–Crippen MR) is 102 cm³/mol. The fourth-order valence-corrected chi connectivity index (χ4v) is 2.76. The van der Waals surface area contributed by atoms with Gasteiger partial charge in [-0.2, -0.15) is 4.98 Å². The largest absolute Gasteiger partial charge is 0.481 e. The maximum atomic E-state index is 12.5. The summed E-state index contributed by atoms with van der Waals surface area (Å²) in [6, 6.07) is 8.87. The number of aromatic nitrogens is 4. The molecule has 3 aromatic rings. The van der Waals surface area contributed by atoms with Crippen LogP contribution in [-0.4, -0.2) is 39.1 Å². The normalized spacial score (nSPS) is 10.6. The van der Waals surface area contributed by atoms with Gasteiger partial charge in [0.15, 0.2) is 0 Å². The number of hydrogen-bond acceptors (Lipinski definition) is 6. The summed E-state index contributed by atoms with van der Waals surface area (Å²) in [4.78, 5) is 24.9. The van der Waals surface area contributed by atoms with Crippen LogP contribution in [0.15, 0.2) is 42.7 Å². The third-order valence-corrected chi connectivity index (χ3v) is 4.11. The summed E-state index contributed by atoms with van der Waals surface area (Å²) >= 11 is 0. The summed E-state index contributed by atoms with van der Waals surface area (Å²) in [7, 11) is 1.51. The van der Waals surface area contributed by atoms with Gasteiger partial charge in [-0.25, -0.2) is 9.97 Å². The molecule has 2 aromatic heterocycles. The zero-order valence-corrected chi connectivity index (χ0v) is 15.3. The molecule has 0 aliphatic carbocycles. The minimum absolute atomic E-state index is 0.117. The van der Waals surface area contributed by atoms with Crippen molar-refractivity contribution in [2.75, 3.05) is 19.4 Å². The molecule has 8 nitrogen and oxygen atoms in total. The number of rotatable bonds is 7. The van der Waals surface area contributed by atoms with Gasteiger partial charge in [-0.15, -0.1) is 0 Å². The van der Waals surface area contributed by atoms with Crippen LogP contribution in [0.25, 0.3) is 11.3 Å². The van der Waals surface area contributed by atoms with Crippen molar-refractivity contribution < 1.29 is 9.53 Å². The first-order valence-electron chi connectivity index (χ1n) is 8.68. The number of nitrogens with two attached hydrogens (primary N) is 1. The zero-order chi connectivity index (χ0) is 19.2. The molecule has 0 spiro atoms. The molecular weight excluding hydrogens is 344 g/mol. The van der Waals surface area contributed by atoms with E-state index in [1.807, 2.05) is 16.8 Å². The van der Waals surface area contributed by atoms with Gasteiger partial charge in [0.25, 0.3) is 5.91 Å². The van der Waals surface area contributed by atoms with Gasteiger partial charge in [0.1, 0.15) is 5.82 Å².